The Morgan fingerprint density at radius 2 is 2.36 bits per heavy atom. The summed E-state index contributed by atoms with van der Waals surface area (Å²) in [5.74, 6) is -0.312. The van der Waals surface area contributed by atoms with E-state index in [9.17, 15) is 9.50 Å². The molecule has 0 saturated heterocycles. The number of hydrogen-bond donors (Lipinski definition) is 1. The second kappa shape index (κ2) is 3.88. The summed E-state index contributed by atoms with van der Waals surface area (Å²) in [6.45, 7) is 0. The van der Waals surface area contributed by atoms with Gasteiger partial charge in [-0.3, -0.25) is 4.98 Å². The molecule has 14 heavy (non-hydrogen) atoms. The largest absolute Gasteiger partial charge is 0.389 e. The van der Waals surface area contributed by atoms with Crippen molar-refractivity contribution >= 4 is 5.57 Å². The molecule has 2 rings (SSSR count). The molecule has 1 aromatic rings. The number of pyridine rings is 1. The third kappa shape index (κ3) is 1.82. The van der Waals surface area contributed by atoms with Crippen LogP contribution in [-0.2, 0) is 0 Å². The third-order valence-electron chi connectivity index (χ3n) is 2.46. The first kappa shape index (κ1) is 9.34. The van der Waals surface area contributed by atoms with Crippen LogP contribution in [0.1, 0.15) is 24.8 Å². The number of aliphatic hydroxyl groups excluding tert-OH is 1. The maximum atomic E-state index is 13.3. The SMILES string of the molecule is OC1C=C(c2ccncc2F)CCC1. The van der Waals surface area contributed by atoms with Crippen LogP contribution in [-0.4, -0.2) is 16.2 Å². The minimum Gasteiger partial charge on any atom is -0.389 e. The molecule has 1 N–H and O–H groups in total. The highest BCUT2D eigenvalue weighted by molar-refractivity contribution is 5.66. The average molecular weight is 193 g/mol. The maximum Gasteiger partial charge on any atom is 0.148 e. The Hall–Kier alpha value is -1.22. The van der Waals surface area contributed by atoms with E-state index in [1.165, 1.54) is 6.20 Å². The highest BCUT2D eigenvalue weighted by Crippen LogP contribution is 2.27. The molecule has 1 atom stereocenters. The lowest BCUT2D eigenvalue weighted by Crippen LogP contribution is -2.09. The number of aromatic nitrogens is 1. The van der Waals surface area contributed by atoms with E-state index in [4.69, 9.17) is 0 Å². The molecule has 0 radical (unpaired) electrons. The van der Waals surface area contributed by atoms with Gasteiger partial charge >= 0.3 is 0 Å². The summed E-state index contributed by atoms with van der Waals surface area (Å²) in [6, 6.07) is 1.65. The van der Waals surface area contributed by atoms with Gasteiger partial charge < -0.3 is 5.11 Å². The fourth-order valence-corrected chi connectivity index (χ4v) is 1.76. The van der Waals surface area contributed by atoms with Crippen LogP contribution in [0.15, 0.2) is 24.5 Å². The molecule has 1 aromatic heterocycles. The molecule has 0 amide bonds. The molecule has 0 spiro atoms. The van der Waals surface area contributed by atoms with Gasteiger partial charge in [-0.25, -0.2) is 4.39 Å². The van der Waals surface area contributed by atoms with Crippen molar-refractivity contribution in [3.8, 4) is 0 Å². The summed E-state index contributed by atoms with van der Waals surface area (Å²) in [5, 5.41) is 9.42. The van der Waals surface area contributed by atoms with Crippen LogP contribution < -0.4 is 0 Å². The molecule has 3 heteroatoms. The van der Waals surface area contributed by atoms with E-state index in [0.29, 0.717) is 5.56 Å². The zero-order valence-corrected chi connectivity index (χ0v) is 7.78. The van der Waals surface area contributed by atoms with E-state index < -0.39 is 6.10 Å². The number of nitrogens with zero attached hydrogens (tertiary/aromatic N) is 1. The van der Waals surface area contributed by atoms with Crippen LogP contribution in [0.5, 0.6) is 0 Å². The Morgan fingerprint density at radius 1 is 1.50 bits per heavy atom. The van der Waals surface area contributed by atoms with E-state index in [1.807, 2.05) is 0 Å². The van der Waals surface area contributed by atoms with Gasteiger partial charge in [-0.1, -0.05) is 6.08 Å². The molecule has 1 unspecified atom stereocenters. The molecule has 2 nitrogen and oxygen atoms in total. The van der Waals surface area contributed by atoms with Gasteiger partial charge in [0.05, 0.1) is 12.3 Å². The molecule has 1 aliphatic rings. The summed E-state index contributed by atoms with van der Waals surface area (Å²) >= 11 is 0. The zero-order valence-electron chi connectivity index (χ0n) is 7.78. The van der Waals surface area contributed by atoms with Crippen molar-refractivity contribution in [1.29, 1.82) is 0 Å². The minimum atomic E-state index is -0.425. The molecule has 0 aromatic carbocycles. The number of rotatable bonds is 1. The Balaban J connectivity index is 2.35. The molecule has 74 valence electrons. The van der Waals surface area contributed by atoms with Crippen LogP contribution in [0.25, 0.3) is 5.57 Å². The molecule has 0 bridgehead atoms. The van der Waals surface area contributed by atoms with Gasteiger partial charge in [0.1, 0.15) is 5.82 Å². The van der Waals surface area contributed by atoms with Crippen LogP contribution in [0.2, 0.25) is 0 Å². The predicted octanol–water partition coefficient (Wildman–Crippen LogP) is 2.15. The highest BCUT2D eigenvalue weighted by atomic mass is 19.1. The average Bonchev–Trinajstić information content (AvgIpc) is 2.18. The van der Waals surface area contributed by atoms with Crippen molar-refractivity contribution in [3.05, 3.63) is 35.9 Å². The summed E-state index contributed by atoms with van der Waals surface area (Å²) in [7, 11) is 0. The quantitative estimate of drug-likeness (QED) is 0.741. The fraction of sp³-hybridized carbons (Fsp3) is 0.364. The third-order valence-corrected chi connectivity index (χ3v) is 2.46. The molecule has 0 fully saturated rings. The minimum absolute atomic E-state index is 0.312. The smallest absolute Gasteiger partial charge is 0.148 e. The predicted molar refractivity (Wildman–Crippen MR) is 52.0 cm³/mol. The van der Waals surface area contributed by atoms with Crippen molar-refractivity contribution in [3.63, 3.8) is 0 Å². The van der Waals surface area contributed by atoms with E-state index in [2.05, 4.69) is 4.98 Å². The van der Waals surface area contributed by atoms with Crippen LogP contribution in [0.3, 0.4) is 0 Å². The number of allylic oxidation sites excluding steroid dienone is 1. The number of halogens is 1. The monoisotopic (exact) mass is 193 g/mol. The highest BCUT2D eigenvalue weighted by Gasteiger charge is 2.14. The lowest BCUT2D eigenvalue weighted by atomic mass is 9.92. The molecule has 1 heterocycles. The van der Waals surface area contributed by atoms with Gasteiger partial charge in [0.25, 0.3) is 0 Å². The first-order valence-corrected chi connectivity index (χ1v) is 4.76. The van der Waals surface area contributed by atoms with Gasteiger partial charge in [0, 0.05) is 11.8 Å². The Labute approximate surface area is 82.1 Å². The van der Waals surface area contributed by atoms with Crippen molar-refractivity contribution in [2.45, 2.75) is 25.4 Å². The second-order valence-electron chi connectivity index (χ2n) is 3.51. The Bertz CT molecular complexity index is 362. The lowest BCUT2D eigenvalue weighted by molar-refractivity contribution is 0.206. The van der Waals surface area contributed by atoms with E-state index >= 15 is 0 Å². The van der Waals surface area contributed by atoms with Crippen molar-refractivity contribution < 1.29 is 9.50 Å². The van der Waals surface area contributed by atoms with Crippen LogP contribution in [0, 0.1) is 5.82 Å². The maximum absolute atomic E-state index is 13.3. The number of hydrogen-bond acceptors (Lipinski definition) is 2. The van der Waals surface area contributed by atoms with Gasteiger partial charge in [-0.2, -0.15) is 0 Å². The van der Waals surface area contributed by atoms with Gasteiger partial charge in [0.2, 0.25) is 0 Å². The van der Waals surface area contributed by atoms with Crippen LogP contribution >= 0.6 is 0 Å². The molecular weight excluding hydrogens is 181 g/mol. The summed E-state index contributed by atoms with van der Waals surface area (Å²) < 4.78 is 13.3. The van der Waals surface area contributed by atoms with Crippen molar-refractivity contribution in [1.82, 2.24) is 4.98 Å². The topological polar surface area (TPSA) is 33.1 Å². The number of aliphatic hydroxyl groups is 1. The molecular formula is C11H12FNO. The summed E-state index contributed by atoms with van der Waals surface area (Å²) in [5.41, 5.74) is 1.46. The molecule has 0 saturated carbocycles. The Morgan fingerprint density at radius 3 is 3.07 bits per heavy atom. The second-order valence-corrected chi connectivity index (χ2v) is 3.51. The van der Waals surface area contributed by atoms with Crippen molar-refractivity contribution in [2.75, 3.05) is 0 Å². The first-order chi connectivity index (χ1) is 6.77. The molecule has 1 aliphatic carbocycles. The Kier molecular flexibility index (Phi) is 2.59. The normalized spacial score (nSPS) is 21.9. The van der Waals surface area contributed by atoms with Gasteiger partial charge in [-0.15, -0.1) is 0 Å². The van der Waals surface area contributed by atoms with Gasteiger partial charge in [0.15, 0.2) is 0 Å². The van der Waals surface area contributed by atoms with E-state index in [1.54, 1.807) is 18.3 Å². The van der Waals surface area contributed by atoms with E-state index in [-0.39, 0.29) is 5.82 Å². The standard InChI is InChI=1S/C11H12FNO/c12-11-7-13-5-4-10(11)8-2-1-3-9(14)6-8/h4-7,9,14H,1-3H2. The van der Waals surface area contributed by atoms with Gasteiger partial charge in [-0.05, 0) is 30.9 Å². The summed E-state index contributed by atoms with van der Waals surface area (Å²) in [4.78, 5) is 3.69. The lowest BCUT2D eigenvalue weighted by Gasteiger charge is -2.17. The van der Waals surface area contributed by atoms with Crippen LogP contribution in [0.4, 0.5) is 4.39 Å². The molecule has 0 aliphatic heterocycles. The zero-order chi connectivity index (χ0) is 9.97. The van der Waals surface area contributed by atoms with Crippen molar-refractivity contribution in [2.24, 2.45) is 0 Å². The first-order valence-electron chi connectivity index (χ1n) is 4.76. The van der Waals surface area contributed by atoms with E-state index in [0.717, 1.165) is 24.8 Å². The summed E-state index contributed by atoms with van der Waals surface area (Å²) in [6.07, 6.45) is 6.61. The fourth-order valence-electron chi connectivity index (χ4n) is 1.76.